The molecule has 0 radical (unpaired) electrons. The molecule has 3 aromatic rings. The lowest BCUT2D eigenvalue weighted by Gasteiger charge is -2.25. The minimum atomic E-state index is -0.849. The van der Waals surface area contributed by atoms with Gasteiger partial charge in [-0.25, -0.2) is 4.79 Å². The molecule has 0 spiro atoms. The average molecular weight is 506 g/mol. The van der Waals surface area contributed by atoms with E-state index in [9.17, 15) is 19.5 Å². The molecule has 1 fully saturated rings. The van der Waals surface area contributed by atoms with Crippen molar-refractivity contribution < 1.29 is 29.0 Å². The van der Waals surface area contributed by atoms with Crippen LogP contribution in [0.5, 0.6) is 5.75 Å². The Bertz CT molecular complexity index is 1330. The van der Waals surface area contributed by atoms with Gasteiger partial charge in [-0.3, -0.25) is 9.59 Å². The van der Waals surface area contributed by atoms with Crippen LogP contribution in [0.1, 0.15) is 40.0 Å². The van der Waals surface area contributed by atoms with Crippen LogP contribution < -0.4 is 4.74 Å². The number of aliphatic hydroxyl groups excluding tert-OH is 1. The zero-order valence-corrected chi connectivity index (χ0v) is 20.5. The van der Waals surface area contributed by atoms with Crippen molar-refractivity contribution in [2.24, 2.45) is 0 Å². The molecule has 1 atom stereocenters. The predicted octanol–water partition coefficient (Wildman–Crippen LogP) is 5.15. The first-order chi connectivity index (χ1) is 17.3. The molecule has 1 amide bonds. The van der Waals surface area contributed by atoms with Crippen LogP contribution in [0.2, 0.25) is 5.02 Å². The number of hydrogen-bond donors (Lipinski definition) is 1. The number of hydrogen-bond acceptors (Lipinski definition) is 6. The van der Waals surface area contributed by atoms with E-state index in [1.165, 1.54) is 18.1 Å². The van der Waals surface area contributed by atoms with Crippen molar-refractivity contribution in [3.63, 3.8) is 0 Å². The number of ether oxygens (including phenoxy) is 2. The lowest BCUT2D eigenvalue weighted by molar-refractivity contribution is -0.140. The number of carbonyl (C=O) groups is 3. The largest absolute Gasteiger partial charge is 0.507 e. The standard InChI is InChI=1S/C28H24ClNO6/c1-3-36-28(34)19-11-9-17(10-12-19)16-30-24(18-7-5-4-6-8-18)23(26(32)27(30)33)25(31)21-15-20(35-2)13-14-22(21)29/h4-15,24,31H,3,16H2,1-2H3/b25-23+. The number of Topliss-reactive ketones (excluding diaryl/α,β-unsaturated/α-hetero) is 1. The lowest BCUT2D eigenvalue weighted by atomic mass is 9.95. The van der Waals surface area contributed by atoms with Gasteiger partial charge in [-0.15, -0.1) is 0 Å². The molecular formula is C28H24ClNO6. The molecule has 0 aliphatic carbocycles. The second-order valence-electron chi connectivity index (χ2n) is 8.10. The summed E-state index contributed by atoms with van der Waals surface area (Å²) >= 11 is 6.34. The van der Waals surface area contributed by atoms with Crippen LogP contribution in [-0.2, 0) is 20.9 Å². The molecule has 1 aliphatic rings. The molecule has 0 aromatic heterocycles. The first-order valence-corrected chi connectivity index (χ1v) is 11.7. The summed E-state index contributed by atoms with van der Waals surface area (Å²) in [4.78, 5) is 39.8. The highest BCUT2D eigenvalue weighted by Gasteiger charge is 2.46. The summed E-state index contributed by atoms with van der Waals surface area (Å²) in [5, 5.41) is 11.5. The summed E-state index contributed by atoms with van der Waals surface area (Å²) in [7, 11) is 1.48. The summed E-state index contributed by atoms with van der Waals surface area (Å²) in [6.45, 7) is 2.07. The molecule has 0 saturated carbocycles. The van der Waals surface area contributed by atoms with Crippen LogP contribution in [0, 0.1) is 0 Å². The molecule has 4 rings (SSSR count). The highest BCUT2D eigenvalue weighted by atomic mass is 35.5. The van der Waals surface area contributed by atoms with E-state index in [0.717, 1.165) is 0 Å². The normalized spacial score (nSPS) is 16.8. The molecule has 0 bridgehead atoms. The van der Waals surface area contributed by atoms with Gasteiger partial charge < -0.3 is 19.5 Å². The highest BCUT2D eigenvalue weighted by Crippen LogP contribution is 2.41. The fourth-order valence-corrected chi connectivity index (χ4v) is 4.35. The van der Waals surface area contributed by atoms with Crippen LogP contribution in [0.4, 0.5) is 0 Å². The van der Waals surface area contributed by atoms with E-state index < -0.39 is 23.7 Å². The summed E-state index contributed by atoms with van der Waals surface area (Å²) in [6.07, 6.45) is 0. The Morgan fingerprint density at radius 2 is 1.72 bits per heavy atom. The summed E-state index contributed by atoms with van der Waals surface area (Å²) in [6, 6.07) is 19.4. The third-order valence-corrected chi connectivity index (χ3v) is 6.23. The number of aliphatic hydroxyl groups is 1. The molecular weight excluding hydrogens is 482 g/mol. The van der Waals surface area contributed by atoms with Gasteiger partial charge in [0.05, 0.1) is 35.9 Å². The van der Waals surface area contributed by atoms with Crippen LogP contribution in [0.25, 0.3) is 5.76 Å². The van der Waals surface area contributed by atoms with E-state index >= 15 is 0 Å². The second-order valence-corrected chi connectivity index (χ2v) is 8.51. The highest BCUT2D eigenvalue weighted by molar-refractivity contribution is 6.47. The SMILES string of the molecule is CCOC(=O)c1ccc(CN2C(=O)C(=O)/C(=C(/O)c3cc(OC)ccc3Cl)C2c2ccccc2)cc1. The summed E-state index contributed by atoms with van der Waals surface area (Å²) < 4.78 is 10.3. The zero-order chi connectivity index (χ0) is 25.8. The van der Waals surface area contributed by atoms with Crippen molar-refractivity contribution in [2.75, 3.05) is 13.7 Å². The third-order valence-electron chi connectivity index (χ3n) is 5.90. The van der Waals surface area contributed by atoms with E-state index in [-0.39, 0.29) is 35.1 Å². The molecule has 1 N–H and O–H groups in total. The number of nitrogens with zero attached hydrogens (tertiary/aromatic N) is 1. The quantitative estimate of drug-likeness (QED) is 0.207. The first kappa shape index (κ1) is 25.0. The Kier molecular flexibility index (Phi) is 7.41. The number of halogens is 1. The monoisotopic (exact) mass is 505 g/mol. The van der Waals surface area contributed by atoms with E-state index in [2.05, 4.69) is 0 Å². The summed E-state index contributed by atoms with van der Waals surface area (Å²) in [5.74, 6) is -1.95. The van der Waals surface area contributed by atoms with Gasteiger partial charge in [0.15, 0.2) is 0 Å². The number of benzene rings is 3. The van der Waals surface area contributed by atoms with Gasteiger partial charge >= 0.3 is 5.97 Å². The van der Waals surface area contributed by atoms with Crippen molar-refractivity contribution in [3.8, 4) is 5.75 Å². The van der Waals surface area contributed by atoms with E-state index in [4.69, 9.17) is 21.1 Å². The van der Waals surface area contributed by atoms with Gasteiger partial charge in [0.25, 0.3) is 11.7 Å². The molecule has 1 saturated heterocycles. The van der Waals surface area contributed by atoms with Crippen LogP contribution in [-0.4, -0.2) is 41.4 Å². The molecule has 36 heavy (non-hydrogen) atoms. The zero-order valence-electron chi connectivity index (χ0n) is 19.7. The summed E-state index contributed by atoms with van der Waals surface area (Å²) in [5.41, 5.74) is 1.86. The Morgan fingerprint density at radius 1 is 1.03 bits per heavy atom. The maximum atomic E-state index is 13.2. The van der Waals surface area contributed by atoms with E-state index in [1.54, 1.807) is 67.6 Å². The Balaban J connectivity index is 1.78. The molecule has 8 heteroatoms. The number of rotatable bonds is 7. The van der Waals surface area contributed by atoms with Crippen molar-refractivity contribution in [1.29, 1.82) is 0 Å². The Labute approximate surface area is 213 Å². The van der Waals surface area contributed by atoms with Gasteiger partial charge in [-0.05, 0) is 48.4 Å². The third kappa shape index (κ3) is 4.83. The number of methoxy groups -OCH3 is 1. The predicted molar refractivity (Wildman–Crippen MR) is 135 cm³/mol. The first-order valence-electron chi connectivity index (χ1n) is 11.3. The maximum absolute atomic E-state index is 13.2. The average Bonchev–Trinajstić information content (AvgIpc) is 3.14. The topological polar surface area (TPSA) is 93.1 Å². The number of ketones is 1. The van der Waals surface area contributed by atoms with E-state index in [1.807, 2.05) is 6.07 Å². The fraction of sp³-hybridized carbons (Fsp3) is 0.179. The maximum Gasteiger partial charge on any atom is 0.338 e. The van der Waals surface area contributed by atoms with Gasteiger partial charge in [0, 0.05) is 12.1 Å². The molecule has 1 aliphatic heterocycles. The van der Waals surface area contributed by atoms with Crippen LogP contribution in [0.15, 0.2) is 78.4 Å². The van der Waals surface area contributed by atoms with Gasteiger partial charge in [0.2, 0.25) is 0 Å². The molecule has 1 unspecified atom stereocenters. The number of esters is 1. The van der Waals surface area contributed by atoms with Crippen molar-refractivity contribution in [1.82, 2.24) is 4.90 Å². The Hall–Kier alpha value is -4.10. The minimum absolute atomic E-state index is 0.0653. The lowest BCUT2D eigenvalue weighted by Crippen LogP contribution is -2.29. The van der Waals surface area contributed by atoms with Crippen molar-refractivity contribution in [3.05, 3.63) is 106 Å². The molecule has 1 heterocycles. The molecule has 3 aromatic carbocycles. The molecule has 184 valence electrons. The molecule has 7 nitrogen and oxygen atoms in total. The minimum Gasteiger partial charge on any atom is -0.507 e. The fourth-order valence-electron chi connectivity index (χ4n) is 4.14. The van der Waals surface area contributed by atoms with Crippen molar-refractivity contribution >= 4 is 35.0 Å². The number of carbonyl (C=O) groups excluding carboxylic acids is 3. The van der Waals surface area contributed by atoms with E-state index in [0.29, 0.717) is 22.4 Å². The van der Waals surface area contributed by atoms with Gasteiger partial charge in [-0.2, -0.15) is 0 Å². The van der Waals surface area contributed by atoms with Crippen LogP contribution >= 0.6 is 11.6 Å². The van der Waals surface area contributed by atoms with Crippen molar-refractivity contribution in [2.45, 2.75) is 19.5 Å². The Morgan fingerprint density at radius 3 is 2.36 bits per heavy atom. The van der Waals surface area contributed by atoms with Crippen LogP contribution in [0.3, 0.4) is 0 Å². The van der Waals surface area contributed by atoms with Gasteiger partial charge in [0.1, 0.15) is 11.5 Å². The smallest absolute Gasteiger partial charge is 0.338 e. The second kappa shape index (κ2) is 10.7. The van der Waals surface area contributed by atoms with Gasteiger partial charge in [-0.1, -0.05) is 54.1 Å². The number of likely N-dealkylation sites (tertiary alicyclic amines) is 1. The number of amides is 1.